The fourth-order valence-corrected chi connectivity index (χ4v) is 3.83. The molecule has 1 aliphatic rings. The van der Waals surface area contributed by atoms with Crippen molar-refractivity contribution in [2.45, 2.75) is 30.6 Å². The van der Waals surface area contributed by atoms with Crippen LogP contribution in [0.2, 0.25) is 0 Å². The zero-order chi connectivity index (χ0) is 18.0. The first-order valence-corrected chi connectivity index (χ1v) is 9.34. The van der Waals surface area contributed by atoms with Gasteiger partial charge in [-0.3, -0.25) is 9.59 Å². The van der Waals surface area contributed by atoms with Gasteiger partial charge in [-0.1, -0.05) is 37.7 Å². The predicted molar refractivity (Wildman–Crippen MR) is 102 cm³/mol. The summed E-state index contributed by atoms with van der Waals surface area (Å²) in [5, 5.41) is 2.93. The Labute approximate surface area is 152 Å². The van der Waals surface area contributed by atoms with E-state index in [1.165, 1.54) is 0 Å². The number of hydrogen-bond donors (Lipinski definition) is 1. The Hall–Kier alpha value is -2.27. The van der Waals surface area contributed by atoms with E-state index < -0.39 is 0 Å². The van der Waals surface area contributed by atoms with E-state index in [-0.39, 0.29) is 11.8 Å². The highest BCUT2D eigenvalue weighted by Gasteiger charge is 2.26. The molecule has 2 aromatic carbocycles. The summed E-state index contributed by atoms with van der Waals surface area (Å²) in [5.74, 6) is 0.263. The molecule has 1 aliphatic heterocycles. The Morgan fingerprint density at radius 1 is 1.16 bits per heavy atom. The molecule has 130 valence electrons. The molecule has 0 aromatic heterocycles. The van der Waals surface area contributed by atoms with Gasteiger partial charge in [0.2, 0.25) is 0 Å². The molecule has 2 amide bonds. The van der Waals surface area contributed by atoms with Crippen molar-refractivity contribution in [1.29, 1.82) is 0 Å². The smallest absolute Gasteiger partial charge is 0.259 e. The predicted octanol–water partition coefficient (Wildman–Crippen LogP) is 4.20. The maximum Gasteiger partial charge on any atom is 0.259 e. The fourth-order valence-electron chi connectivity index (χ4n) is 2.77. The maximum atomic E-state index is 12.9. The molecule has 0 atom stereocenters. The first kappa shape index (κ1) is 17.5. The number of carbonyl (C=O) groups excluding carboxylic acids is 2. The second-order valence-corrected chi connectivity index (χ2v) is 7.52. The number of anilines is 1. The Balaban J connectivity index is 2.00. The maximum absolute atomic E-state index is 12.9. The number of benzene rings is 2. The molecule has 5 heteroatoms. The fraction of sp³-hybridized carbons (Fsp3) is 0.300. The lowest BCUT2D eigenvalue weighted by Gasteiger charge is -2.21. The van der Waals surface area contributed by atoms with Gasteiger partial charge in [0.25, 0.3) is 11.8 Å². The molecule has 1 heterocycles. The number of amides is 2. The van der Waals surface area contributed by atoms with Crippen LogP contribution < -0.4 is 10.2 Å². The molecule has 0 bridgehead atoms. The first-order chi connectivity index (χ1) is 12.0. The minimum atomic E-state index is -0.105. The number of nitrogens with one attached hydrogen (secondary N) is 1. The second-order valence-electron chi connectivity index (χ2n) is 6.43. The van der Waals surface area contributed by atoms with E-state index in [9.17, 15) is 9.59 Å². The highest BCUT2D eigenvalue weighted by Crippen LogP contribution is 2.41. The number of rotatable bonds is 4. The summed E-state index contributed by atoms with van der Waals surface area (Å²) in [6, 6.07) is 13.2. The molecule has 0 spiro atoms. The largest absolute Gasteiger partial charge is 0.352 e. The summed E-state index contributed by atoms with van der Waals surface area (Å²) in [6.07, 6.45) is 0. The summed E-state index contributed by atoms with van der Waals surface area (Å²) in [5.41, 5.74) is 2.08. The van der Waals surface area contributed by atoms with E-state index >= 15 is 0 Å². The van der Waals surface area contributed by atoms with Crippen LogP contribution in [0.4, 0.5) is 5.69 Å². The van der Waals surface area contributed by atoms with Gasteiger partial charge < -0.3 is 10.2 Å². The summed E-state index contributed by atoms with van der Waals surface area (Å²) in [7, 11) is 0. The molecule has 0 saturated heterocycles. The molecular formula is C20H22N2O2S. The third-order valence-corrected chi connectivity index (χ3v) is 5.22. The van der Waals surface area contributed by atoms with Gasteiger partial charge in [0, 0.05) is 28.4 Å². The Morgan fingerprint density at radius 3 is 2.64 bits per heavy atom. The van der Waals surface area contributed by atoms with Crippen molar-refractivity contribution in [3.63, 3.8) is 0 Å². The van der Waals surface area contributed by atoms with Crippen LogP contribution in [-0.4, -0.2) is 24.9 Å². The van der Waals surface area contributed by atoms with E-state index in [1.807, 2.05) is 49.4 Å². The Morgan fingerprint density at radius 2 is 1.92 bits per heavy atom. The van der Waals surface area contributed by atoms with Gasteiger partial charge in [-0.25, -0.2) is 0 Å². The zero-order valence-electron chi connectivity index (χ0n) is 14.7. The first-order valence-electron chi connectivity index (χ1n) is 8.52. The molecule has 0 fully saturated rings. The Kier molecular flexibility index (Phi) is 5.13. The lowest BCUT2D eigenvalue weighted by molar-refractivity contribution is 0.0946. The highest BCUT2D eigenvalue weighted by molar-refractivity contribution is 7.99. The van der Waals surface area contributed by atoms with Gasteiger partial charge in [-0.15, -0.1) is 0 Å². The molecule has 0 aliphatic carbocycles. The van der Waals surface area contributed by atoms with Crippen LogP contribution in [0.25, 0.3) is 0 Å². The van der Waals surface area contributed by atoms with Crippen molar-refractivity contribution in [3.8, 4) is 0 Å². The molecule has 0 unspecified atom stereocenters. The van der Waals surface area contributed by atoms with Crippen LogP contribution in [0.5, 0.6) is 0 Å². The van der Waals surface area contributed by atoms with Crippen molar-refractivity contribution in [3.05, 3.63) is 53.6 Å². The molecule has 25 heavy (non-hydrogen) atoms. The van der Waals surface area contributed by atoms with Crippen LogP contribution in [0.1, 0.15) is 41.5 Å². The van der Waals surface area contributed by atoms with Crippen molar-refractivity contribution < 1.29 is 9.59 Å². The van der Waals surface area contributed by atoms with Gasteiger partial charge in [0.1, 0.15) is 0 Å². The third-order valence-electron chi connectivity index (χ3n) is 4.08. The molecule has 1 N–H and O–H groups in total. The highest BCUT2D eigenvalue weighted by atomic mass is 32.2. The van der Waals surface area contributed by atoms with Gasteiger partial charge in [-0.2, -0.15) is 0 Å². The van der Waals surface area contributed by atoms with Crippen LogP contribution >= 0.6 is 11.8 Å². The lowest BCUT2D eigenvalue weighted by Crippen LogP contribution is -2.31. The van der Waals surface area contributed by atoms with Gasteiger partial charge in [-0.05, 0) is 43.2 Å². The molecule has 2 aromatic rings. The molecule has 0 saturated carbocycles. The number of hydrogen-bond acceptors (Lipinski definition) is 3. The van der Waals surface area contributed by atoms with Crippen molar-refractivity contribution in [1.82, 2.24) is 5.32 Å². The average molecular weight is 354 g/mol. The Bertz CT molecular complexity index is 817. The summed E-state index contributed by atoms with van der Waals surface area (Å²) in [4.78, 5) is 29.0. The number of nitrogens with zero attached hydrogens (tertiary/aromatic N) is 1. The van der Waals surface area contributed by atoms with Gasteiger partial charge >= 0.3 is 0 Å². The zero-order valence-corrected chi connectivity index (χ0v) is 15.5. The van der Waals surface area contributed by atoms with Crippen molar-refractivity contribution >= 4 is 29.3 Å². The average Bonchev–Trinajstić information content (AvgIpc) is 2.73. The third kappa shape index (κ3) is 3.56. The number of fused-ring (bicyclic) bond motifs is 2. The topological polar surface area (TPSA) is 49.4 Å². The normalized spacial score (nSPS) is 13.3. The lowest BCUT2D eigenvalue weighted by atomic mass is 10.1. The molecule has 4 nitrogen and oxygen atoms in total. The van der Waals surface area contributed by atoms with Crippen molar-refractivity contribution in [2.75, 3.05) is 18.0 Å². The molecule has 3 rings (SSSR count). The van der Waals surface area contributed by atoms with Crippen LogP contribution in [-0.2, 0) is 0 Å². The summed E-state index contributed by atoms with van der Waals surface area (Å²) < 4.78 is 0. The minimum absolute atomic E-state index is 0.0240. The molecule has 0 radical (unpaired) electrons. The van der Waals surface area contributed by atoms with Crippen molar-refractivity contribution in [2.24, 2.45) is 5.92 Å². The molecular weight excluding hydrogens is 332 g/mol. The van der Waals surface area contributed by atoms with E-state index in [0.717, 1.165) is 15.5 Å². The minimum Gasteiger partial charge on any atom is -0.352 e. The number of carbonyl (C=O) groups is 2. The van der Waals surface area contributed by atoms with Gasteiger partial charge in [0.15, 0.2) is 0 Å². The van der Waals surface area contributed by atoms with Crippen LogP contribution in [0, 0.1) is 5.92 Å². The quantitative estimate of drug-likeness (QED) is 0.895. The van der Waals surface area contributed by atoms with E-state index in [1.54, 1.807) is 16.7 Å². The standard InChI is InChI=1S/C20H22N2O2S/c1-4-22-16-11-14(19(23)21-12-13(2)3)9-10-18(16)25-17-8-6-5-7-15(17)20(22)24/h5-11,13H,4,12H2,1-3H3,(H,21,23). The van der Waals surface area contributed by atoms with Gasteiger partial charge in [0.05, 0.1) is 11.3 Å². The van der Waals surface area contributed by atoms with E-state index in [2.05, 4.69) is 19.2 Å². The van der Waals surface area contributed by atoms with E-state index in [0.29, 0.717) is 30.1 Å². The SMILES string of the molecule is CCN1C(=O)c2ccccc2Sc2ccc(C(=O)NCC(C)C)cc21. The summed E-state index contributed by atoms with van der Waals surface area (Å²) in [6.45, 7) is 7.25. The van der Waals surface area contributed by atoms with Crippen LogP contribution in [0.3, 0.4) is 0 Å². The monoisotopic (exact) mass is 354 g/mol. The summed E-state index contributed by atoms with van der Waals surface area (Å²) >= 11 is 1.57. The van der Waals surface area contributed by atoms with Crippen LogP contribution in [0.15, 0.2) is 52.3 Å². The second kappa shape index (κ2) is 7.31. The van der Waals surface area contributed by atoms with E-state index in [4.69, 9.17) is 0 Å².